The Hall–Kier alpha value is -0.530. The molecule has 0 aliphatic carbocycles. The smallest absolute Gasteiger partial charge is 0.0959 e. The molecule has 1 N–H and O–H groups in total. The molecule has 1 fully saturated rings. The van der Waals surface area contributed by atoms with E-state index in [2.05, 4.69) is 18.7 Å². The van der Waals surface area contributed by atoms with Crippen molar-refractivity contribution in [2.45, 2.75) is 39.2 Å². The van der Waals surface area contributed by atoms with Crippen molar-refractivity contribution in [3.8, 4) is 0 Å². The molecule has 0 unspecified atom stereocenters. The summed E-state index contributed by atoms with van der Waals surface area (Å²) in [4.78, 5) is 2.18. The second kappa shape index (κ2) is 3.04. The van der Waals surface area contributed by atoms with Gasteiger partial charge in [-0.1, -0.05) is 0 Å². The molecule has 1 rings (SSSR count). The minimum absolute atomic E-state index is 0.521. The molecule has 0 saturated carbocycles. The highest BCUT2D eigenvalue weighted by Crippen LogP contribution is 2.12. The predicted octanol–water partition coefficient (Wildman–Crippen LogP) is 1.86. The zero-order valence-electron chi connectivity index (χ0n) is 6.85. The van der Waals surface area contributed by atoms with Gasteiger partial charge in [-0.2, -0.15) is 0 Å². The van der Waals surface area contributed by atoms with Gasteiger partial charge in [0.25, 0.3) is 0 Å². The minimum atomic E-state index is 0.521. The highest BCUT2D eigenvalue weighted by molar-refractivity contribution is 5.79. The predicted molar refractivity (Wildman–Crippen MR) is 43.4 cm³/mol. The van der Waals surface area contributed by atoms with E-state index in [4.69, 9.17) is 5.41 Å². The maximum Gasteiger partial charge on any atom is 0.0959 e. The van der Waals surface area contributed by atoms with Crippen LogP contribution in [0.5, 0.6) is 0 Å². The van der Waals surface area contributed by atoms with Gasteiger partial charge in [0.1, 0.15) is 0 Å². The SMILES string of the molecule is CC(C)N1CCCCC1=N. The molecule has 58 valence electrons. The van der Waals surface area contributed by atoms with Crippen LogP contribution in [0.25, 0.3) is 0 Å². The summed E-state index contributed by atoms with van der Waals surface area (Å²) in [5.74, 6) is 0.834. The van der Waals surface area contributed by atoms with Crippen LogP contribution in [0.3, 0.4) is 0 Å². The molecule has 10 heavy (non-hydrogen) atoms. The van der Waals surface area contributed by atoms with Crippen molar-refractivity contribution in [1.29, 1.82) is 5.41 Å². The molecule has 2 heteroatoms. The van der Waals surface area contributed by atoms with E-state index in [1.807, 2.05) is 0 Å². The lowest BCUT2D eigenvalue weighted by Gasteiger charge is -2.32. The van der Waals surface area contributed by atoms with Gasteiger partial charge in [-0.3, -0.25) is 5.41 Å². The molecule has 0 amide bonds. The van der Waals surface area contributed by atoms with E-state index in [1.54, 1.807) is 0 Å². The number of nitrogens with one attached hydrogen (secondary N) is 1. The van der Waals surface area contributed by atoms with E-state index in [0.29, 0.717) is 6.04 Å². The van der Waals surface area contributed by atoms with Crippen molar-refractivity contribution in [1.82, 2.24) is 4.90 Å². The second-order valence-corrected chi connectivity index (χ2v) is 3.19. The number of rotatable bonds is 1. The fourth-order valence-electron chi connectivity index (χ4n) is 1.42. The van der Waals surface area contributed by atoms with Gasteiger partial charge < -0.3 is 4.90 Å². The first kappa shape index (κ1) is 7.58. The standard InChI is InChI=1S/C8H16N2/c1-7(2)10-6-4-3-5-8(10)9/h7,9H,3-6H2,1-2H3. The van der Waals surface area contributed by atoms with Crippen molar-refractivity contribution in [2.75, 3.05) is 6.54 Å². The van der Waals surface area contributed by atoms with E-state index in [0.717, 1.165) is 18.8 Å². The van der Waals surface area contributed by atoms with Gasteiger partial charge in [0.15, 0.2) is 0 Å². The van der Waals surface area contributed by atoms with Gasteiger partial charge in [-0.05, 0) is 26.7 Å². The third-order valence-electron chi connectivity index (χ3n) is 2.03. The first-order valence-electron chi connectivity index (χ1n) is 4.06. The van der Waals surface area contributed by atoms with Crippen molar-refractivity contribution in [2.24, 2.45) is 0 Å². The monoisotopic (exact) mass is 140 g/mol. The second-order valence-electron chi connectivity index (χ2n) is 3.19. The van der Waals surface area contributed by atoms with Crippen LogP contribution in [0.15, 0.2) is 0 Å². The van der Waals surface area contributed by atoms with Gasteiger partial charge in [-0.15, -0.1) is 0 Å². The van der Waals surface area contributed by atoms with Crippen molar-refractivity contribution >= 4 is 5.84 Å². The van der Waals surface area contributed by atoms with Crippen molar-refractivity contribution in [3.63, 3.8) is 0 Å². The zero-order chi connectivity index (χ0) is 7.56. The molecular weight excluding hydrogens is 124 g/mol. The summed E-state index contributed by atoms with van der Waals surface area (Å²) in [6.07, 6.45) is 3.46. The Morgan fingerprint density at radius 3 is 2.50 bits per heavy atom. The number of nitrogens with zero attached hydrogens (tertiary/aromatic N) is 1. The van der Waals surface area contributed by atoms with Crippen LogP contribution in [-0.4, -0.2) is 23.3 Å². The molecule has 0 spiro atoms. The van der Waals surface area contributed by atoms with Crippen molar-refractivity contribution in [3.05, 3.63) is 0 Å². The largest absolute Gasteiger partial charge is 0.358 e. The topological polar surface area (TPSA) is 27.1 Å². The lowest BCUT2D eigenvalue weighted by Crippen LogP contribution is -2.39. The Kier molecular flexibility index (Phi) is 2.30. The molecule has 0 aromatic rings. The molecular formula is C8H16N2. The van der Waals surface area contributed by atoms with Crippen LogP contribution < -0.4 is 0 Å². The normalized spacial score (nSPS) is 20.3. The van der Waals surface area contributed by atoms with Gasteiger partial charge in [0.2, 0.25) is 0 Å². The molecule has 0 atom stereocenters. The lowest BCUT2D eigenvalue weighted by molar-refractivity contribution is 0.311. The fraction of sp³-hybridized carbons (Fsp3) is 0.875. The highest BCUT2D eigenvalue weighted by Gasteiger charge is 2.16. The summed E-state index contributed by atoms with van der Waals surface area (Å²) in [6.45, 7) is 5.40. The molecule has 1 aliphatic heterocycles. The molecule has 0 bridgehead atoms. The quantitative estimate of drug-likeness (QED) is 0.591. The Balaban J connectivity index is 2.48. The highest BCUT2D eigenvalue weighted by atomic mass is 15.2. The number of likely N-dealkylation sites (tertiary alicyclic amines) is 1. The number of piperidine rings is 1. The van der Waals surface area contributed by atoms with Crippen LogP contribution in [0.1, 0.15) is 33.1 Å². The Morgan fingerprint density at radius 2 is 2.10 bits per heavy atom. The number of hydrogen-bond donors (Lipinski definition) is 1. The Bertz CT molecular complexity index is 129. The maximum absolute atomic E-state index is 7.60. The third kappa shape index (κ3) is 1.49. The Labute approximate surface area is 62.7 Å². The summed E-state index contributed by atoms with van der Waals surface area (Å²) in [6, 6.07) is 0.521. The summed E-state index contributed by atoms with van der Waals surface area (Å²) in [5.41, 5.74) is 0. The van der Waals surface area contributed by atoms with Crippen LogP contribution in [0.2, 0.25) is 0 Å². The van der Waals surface area contributed by atoms with Gasteiger partial charge in [0.05, 0.1) is 5.84 Å². The summed E-state index contributed by atoms with van der Waals surface area (Å²) in [5, 5.41) is 7.60. The lowest BCUT2D eigenvalue weighted by atomic mass is 10.1. The summed E-state index contributed by atoms with van der Waals surface area (Å²) < 4.78 is 0. The van der Waals surface area contributed by atoms with Gasteiger partial charge in [0, 0.05) is 19.0 Å². The molecule has 0 aromatic heterocycles. The van der Waals surface area contributed by atoms with E-state index < -0.39 is 0 Å². The zero-order valence-corrected chi connectivity index (χ0v) is 6.85. The number of hydrogen-bond acceptors (Lipinski definition) is 1. The maximum atomic E-state index is 7.60. The van der Waals surface area contributed by atoms with E-state index >= 15 is 0 Å². The van der Waals surface area contributed by atoms with E-state index in [9.17, 15) is 0 Å². The average Bonchev–Trinajstić information content (AvgIpc) is 1.88. The molecule has 1 saturated heterocycles. The molecule has 0 radical (unpaired) electrons. The van der Waals surface area contributed by atoms with Crippen LogP contribution in [0, 0.1) is 5.41 Å². The summed E-state index contributed by atoms with van der Waals surface area (Å²) >= 11 is 0. The Morgan fingerprint density at radius 1 is 1.40 bits per heavy atom. The van der Waals surface area contributed by atoms with Crippen LogP contribution in [-0.2, 0) is 0 Å². The molecule has 1 aliphatic rings. The third-order valence-corrected chi connectivity index (χ3v) is 2.03. The van der Waals surface area contributed by atoms with Crippen molar-refractivity contribution < 1.29 is 0 Å². The molecule has 2 nitrogen and oxygen atoms in total. The summed E-state index contributed by atoms with van der Waals surface area (Å²) in [7, 11) is 0. The first-order chi connectivity index (χ1) is 4.72. The molecule has 0 aromatic carbocycles. The minimum Gasteiger partial charge on any atom is -0.358 e. The average molecular weight is 140 g/mol. The van der Waals surface area contributed by atoms with Crippen LogP contribution in [0.4, 0.5) is 0 Å². The van der Waals surface area contributed by atoms with Gasteiger partial charge in [-0.25, -0.2) is 0 Å². The number of amidine groups is 1. The van der Waals surface area contributed by atoms with Crippen LogP contribution >= 0.6 is 0 Å². The first-order valence-corrected chi connectivity index (χ1v) is 4.06. The van der Waals surface area contributed by atoms with Gasteiger partial charge >= 0.3 is 0 Å². The van der Waals surface area contributed by atoms with E-state index in [1.165, 1.54) is 12.8 Å². The fourth-order valence-corrected chi connectivity index (χ4v) is 1.42. The molecule has 1 heterocycles. The van der Waals surface area contributed by atoms with E-state index in [-0.39, 0.29) is 0 Å².